The van der Waals surface area contributed by atoms with Crippen molar-refractivity contribution in [1.82, 2.24) is 4.90 Å². The number of amides is 1. The van der Waals surface area contributed by atoms with Gasteiger partial charge in [-0.05, 0) is 40.0 Å². The van der Waals surface area contributed by atoms with E-state index in [0.717, 1.165) is 12.8 Å². The van der Waals surface area contributed by atoms with Crippen molar-refractivity contribution in [3.8, 4) is 0 Å². The second kappa shape index (κ2) is 5.89. The summed E-state index contributed by atoms with van der Waals surface area (Å²) in [6, 6.07) is -0.0322. The molecule has 1 rings (SSSR count). The van der Waals surface area contributed by atoms with Crippen LogP contribution in [0.2, 0.25) is 0 Å². The molecule has 0 unspecified atom stereocenters. The first-order valence-corrected chi connectivity index (χ1v) is 6.47. The molecular formula is C13H25NO4. The Morgan fingerprint density at radius 1 is 1.39 bits per heavy atom. The molecule has 1 fully saturated rings. The Labute approximate surface area is 109 Å². The quantitative estimate of drug-likeness (QED) is 0.812. The van der Waals surface area contributed by atoms with Crippen LogP contribution in [0.1, 0.15) is 40.0 Å². The third kappa shape index (κ3) is 3.36. The lowest BCUT2D eigenvalue weighted by Gasteiger charge is -2.44. The molecule has 1 aliphatic carbocycles. The van der Waals surface area contributed by atoms with Crippen molar-refractivity contribution in [1.29, 1.82) is 0 Å². The lowest BCUT2D eigenvalue weighted by Crippen LogP contribution is -2.54. The van der Waals surface area contributed by atoms with Crippen molar-refractivity contribution in [3.63, 3.8) is 0 Å². The first-order valence-electron chi connectivity index (χ1n) is 6.47. The summed E-state index contributed by atoms with van der Waals surface area (Å²) < 4.78 is 5.39. The minimum Gasteiger partial charge on any atom is -0.465 e. The van der Waals surface area contributed by atoms with Gasteiger partial charge in [0.15, 0.2) is 0 Å². The van der Waals surface area contributed by atoms with Gasteiger partial charge in [0.2, 0.25) is 0 Å². The third-order valence-corrected chi connectivity index (χ3v) is 3.73. The Morgan fingerprint density at radius 3 is 2.39 bits per heavy atom. The van der Waals surface area contributed by atoms with Gasteiger partial charge in [-0.15, -0.1) is 0 Å². The van der Waals surface area contributed by atoms with E-state index in [9.17, 15) is 15.0 Å². The van der Waals surface area contributed by atoms with Crippen LogP contribution in [0.4, 0.5) is 4.79 Å². The number of aliphatic hydroxyl groups is 1. The van der Waals surface area contributed by atoms with E-state index < -0.39 is 11.6 Å². The smallest absolute Gasteiger partial charge is 0.407 e. The summed E-state index contributed by atoms with van der Waals surface area (Å²) >= 11 is 0. The first-order chi connectivity index (χ1) is 8.31. The van der Waals surface area contributed by atoms with Gasteiger partial charge in [0, 0.05) is 31.2 Å². The molecule has 1 amide bonds. The number of carboxylic acid groups (broad SMARTS) is 1. The Kier molecular flexibility index (Phi) is 4.99. The summed E-state index contributed by atoms with van der Waals surface area (Å²) in [5.74, 6) is 0.127. The molecule has 1 saturated carbocycles. The highest BCUT2D eigenvalue weighted by Gasteiger charge is 2.39. The van der Waals surface area contributed by atoms with Gasteiger partial charge in [-0.1, -0.05) is 0 Å². The topological polar surface area (TPSA) is 70.0 Å². The van der Waals surface area contributed by atoms with Gasteiger partial charge < -0.3 is 19.8 Å². The van der Waals surface area contributed by atoms with Crippen LogP contribution in [0.3, 0.4) is 0 Å². The second-order valence-electron chi connectivity index (χ2n) is 6.01. The maximum absolute atomic E-state index is 11.4. The lowest BCUT2D eigenvalue weighted by atomic mass is 9.82. The second-order valence-corrected chi connectivity index (χ2v) is 6.01. The Hall–Kier alpha value is -0.810. The predicted octanol–water partition coefficient (Wildman–Crippen LogP) is 1.94. The maximum Gasteiger partial charge on any atom is 0.407 e. The molecule has 0 radical (unpaired) electrons. The van der Waals surface area contributed by atoms with E-state index in [1.165, 1.54) is 4.90 Å². The normalized spacial score (nSPS) is 29.1. The molecule has 0 heterocycles. The number of hydrogen-bond donors (Lipinski definition) is 2. The molecule has 0 aromatic carbocycles. The van der Waals surface area contributed by atoms with Gasteiger partial charge in [0.25, 0.3) is 0 Å². The Balaban J connectivity index is 2.80. The largest absolute Gasteiger partial charge is 0.465 e. The Morgan fingerprint density at radius 2 is 2.00 bits per heavy atom. The molecule has 0 saturated heterocycles. The molecule has 3 atom stereocenters. The van der Waals surface area contributed by atoms with Crippen LogP contribution in [0.5, 0.6) is 0 Å². The van der Waals surface area contributed by atoms with E-state index in [1.807, 2.05) is 20.8 Å². The molecule has 0 bridgehead atoms. The van der Waals surface area contributed by atoms with Crippen LogP contribution < -0.4 is 0 Å². The minimum absolute atomic E-state index is 0.0322. The fourth-order valence-corrected chi connectivity index (χ4v) is 2.89. The standard InChI is InChI=1S/C13H25NO4/c1-13(2,3)14(12(16)17)10-6-5-9(8-15)11(7-10)18-4/h9-11,15H,5-8H2,1-4H3,(H,16,17)/t9-,10+,11+/m1/s1. The zero-order valence-corrected chi connectivity index (χ0v) is 11.7. The summed E-state index contributed by atoms with van der Waals surface area (Å²) in [5, 5.41) is 18.7. The molecule has 0 aromatic heterocycles. The summed E-state index contributed by atoms with van der Waals surface area (Å²) in [6.45, 7) is 5.82. The third-order valence-electron chi connectivity index (χ3n) is 3.73. The number of hydrogen-bond acceptors (Lipinski definition) is 3. The van der Waals surface area contributed by atoms with Crippen LogP contribution in [0.15, 0.2) is 0 Å². The highest BCUT2D eigenvalue weighted by atomic mass is 16.5. The van der Waals surface area contributed by atoms with Crippen LogP contribution in [-0.2, 0) is 4.74 Å². The van der Waals surface area contributed by atoms with E-state index in [2.05, 4.69) is 0 Å². The van der Waals surface area contributed by atoms with Gasteiger partial charge in [0.1, 0.15) is 0 Å². The molecule has 5 heteroatoms. The predicted molar refractivity (Wildman–Crippen MR) is 68.6 cm³/mol. The number of rotatable bonds is 3. The van der Waals surface area contributed by atoms with Crippen LogP contribution in [0.25, 0.3) is 0 Å². The molecular weight excluding hydrogens is 234 g/mol. The van der Waals surface area contributed by atoms with E-state index in [-0.39, 0.29) is 24.7 Å². The molecule has 1 aliphatic rings. The van der Waals surface area contributed by atoms with Crippen molar-refractivity contribution in [2.45, 2.75) is 57.7 Å². The van der Waals surface area contributed by atoms with Crippen LogP contribution in [0, 0.1) is 5.92 Å². The van der Waals surface area contributed by atoms with E-state index >= 15 is 0 Å². The maximum atomic E-state index is 11.4. The number of ether oxygens (including phenoxy) is 1. The molecule has 2 N–H and O–H groups in total. The number of methoxy groups -OCH3 is 1. The van der Waals surface area contributed by atoms with Crippen LogP contribution >= 0.6 is 0 Å². The highest BCUT2D eigenvalue weighted by Crippen LogP contribution is 2.32. The summed E-state index contributed by atoms with van der Waals surface area (Å²) in [7, 11) is 1.62. The average Bonchev–Trinajstić information content (AvgIpc) is 2.26. The van der Waals surface area contributed by atoms with Gasteiger partial charge >= 0.3 is 6.09 Å². The molecule has 106 valence electrons. The zero-order chi connectivity index (χ0) is 13.9. The first kappa shape index (κ1) is 15.2. The van der Waals surface area contributed by atoms with Crippen LogP contribution in [-0.4, -0.2) is 52.6 Å². The fourth-order valence-electron chi connectivity index (χ4n) is 2.89. The van der Waals surface area contributed by atoms with Crippen molar-refractivity contribution < 1.29 is 19.7 Å². The highest BCUT2D eigenvalue weighted by molar-refractivity contribution is 5.66. The van der Waals surface area contributed by atoms with Gasteiger partial charge in [-0.3, -0.25) is 0 Å². The molecule has 0 aromatic rings. The summed E-state index contributed by atoms with van der Waals surface area (Å²) in [6.07, 6.45) is 1.31. The summed E-state index contributed by atoms with van der Waals surface area (Å²) in [4.78, 5) is 12.9. The van der Waals surface area contributed by atoms with E-state index in [4.69, 9.17) is 4.74 Å². The number of aliphatic hydroxyl groups excluding tert-OH is 1. The van der Waals surface area contributed by atoms with Gasteiger partial charge in [-0.25, -0.2) is 4.79 Å². The Bertz CT molecular complexity index is 287. The number of nitrogens with zero attached hydrogens (tertiary/aromatic N) is 1. The molecule has 0 aliphatic heterocycles. The monoisotopic (exact) mass is 259 g/mol. The lowest BCUT2D eigenvalue weighted by molar-refractivity contribution is -0.0391. The van der Waals surface area contributed by atoms with E-state index in [0.29, 0.717) is 6.42 Å². The van der Waals surface area contributed by atoms with Gasteiger partial charge in [0.05, 0.1) is 6.10 Å². The van der Waals surface area contributed by atoms with E-state index in [1.54, 1.807) is 7.11 Å². The van der Waals surface area contributed by atoms with Crippen molar-refractivity contribution >= 4 is 6.09 Å². The van der Waals surface area contributed by atoms with Gasteiger partial charge in [-0.2, -0.15) is 0 Å². The molecule has 0 spiro atoms. The molecule has 5 nitrogen and oxygen atoms in total. The minimum atomic E-state index is -0.884. The van der Waals surface area contributed by atoms with Crippen molar-refractivity contribution in [3.05, 3.63) is 0 Å². The molecule has 18 heavy (non-hydrogen) atoms. The number of carbonyl (C=O) groups is 1. The van der Waals surface area contributed by atoms with Crippen molar-refractivity contribution in [2.75, 3.05) is 13.7 Å². The fraction of sp³-hybridized carbons (Fsp3) is 0.923. The van der Waals surface area contributed by atoms with Crippen molar-refractivity contribution in [2.24, 2.45) is 5.92 Å². The average molecular weight is 259 g/mol. The summed E-state index contributed by atoms with van der Waals surface area (Å²) in [5.41, 5.74) is -0.416. The zero-order valence-electron chi connectivity index (χ0n) is 11.7. The SMILES string of the molecule is CO[C@H]1C[C@@H](N(C(=O)O)C(C)(C)C)CC[C@@H]1CO.